The molecular formula is C8H11NO6. The molecule has 1 aliphatic heterocycles. The summed E-state index contributed by atoms with van der Waals surface area (Å²) in [7, 11) is 0. The fourth-order valence-corrected chi connectivity index (χ4v) is 1.05. The molecule has 0 aromatic carbocycles. The second-order valence-corrected chi connectivity index (χ2v) is 2.87. The van der Waals surface area contributed by atoms with E-state index in [1.807, 2.05) is 0 Å². The van der Waals surface area contributed by atoms with Crippen LogP contribution in [0.5, 0.6) is 0 Å². The Kier molecular flexibility index (Phi) is 4.00. The standard InChI is InChI=1S/C8H11NO6/c1-3(11)9-5-7(13)6(12)4(2-10)15-8(5)14/h7,10,12-14H,2H2,1H3,(H,9,11)/t7-/m1/s1/i1+1,2+1,3+1,4+1,5+1,6+1,7+1,8+1,9+1. The van der Waals surface area contributed by atoms with Gasteiger partial charge >= 0.3 is 0 Å². The van der Waals surface area contributed by atoms with Gasteiger partial charge in [-0.3, -0.25) is 4.79 Å². The first-order valence-corrected chi connectivity index (χ1v) is 4.06. The number of aliphatic hydroxyl groups excluding tert-OH is 4. The molecule has 0 aromatic heterocycles. The second kappa shape index (κ2) is 4.86. The van der Waals surface area contributed by atoms with Crippen LogP contribution >= 0.6 is 0 Å². The van der Waals surface area contributed by atoms with Crippen LogP contribution in [0.1, 0.15) is 6.92 Å². The average molecular weight is 226 g/mol. The molecule has 1 amide bonds. The number of rotatable bonds is 2. The Balaban J connectivity index is 2.70. The molecule has 0 bridgehead atoms. The lowest BCUT2D eigenvalue weighted by atomic mass is 10.9. The lowest BCUT2D eigenvalue weighted by Gasteiger charge is -2.36. The summed E-state index contributed by atoms with van der Waals surface area (Å²) in [4.78, 5) is 10.7. The highest BCUT2D eigenvalue weighted by Crippen LogP contribution is 2.36. The van der Waals surface area contributed by atoms with Gasteiger partial charge in [0.2, 0.25) is 5.91 Å². The Morgan fingerprint density at radius 2 is 2.13 bits per heavy atom. The Bertz CT molecular complexity index is 235. The van der Waals surface area contributed by atoms with Crippen LogP contribution in [0.3, 0.4) is 0 Å². The predicted molar refractivity (Wildman–Crippen MR) is 44.8 cm³/mol. The van der Waals surface area contributed by atoms with Gasteiger partial charge in [0.25, 0.3) is 6.29 Å². The van der Waals surface area contributed by atoms with Crippen molar-refractivity contribution in [3.05, 3.63) is 24.5 Å². The SMILES string of the molecule is [13CH3][13C](=O)[15NH][13C]1[13C](O)O[13C]([13CH2]O)[13C](O)[13C@@H]1O. The molecule has 0 spiro atoms. The van der Waals surface area contributed by atoms with Crippen molar-refractivity contribution < 1.29 is 30.0 Å². The largest absolute Gasteiger partial charge is 0.393 e. The van der Waals surface area contributed by atoms with Crippen LogP contribution in [0.2, 0.25) is 0 Å². The molecule has 0 unspecified atom stereocenters. The van der Waals surface area contributed by atoms with Crippen molar-refractivity contribution >= 4 is 5.91 Å². The van der Waals surface area contributed by atoms with E-state index in [-0.39, 0.29) is 12.1 Å². The highest BCUT2D eigenvalue weighted by molar-refractivity contribution is 5.75. The maximum absolute atomic E-state index is 10.7. The first-order chi connectivity index (χ1) is 6.97. The van der Waals surface area contributed by atoms with Crippen LogP contribution in [0.15, 0.2) is 0 Å². The van der Waals surface area contributed by atoms with Crippen LogP contribution in [-0.2, 0) is 9.53 Å². The molecule has 4 radical (unpaired) electrons. The third-order valence-electron chi connectivity index (χ3n) is 1.72. The molecule has 15 heavy (non-hydrogen) atoms. The summed E-state index contributed by atoms with van der Waals surface area (Å²) in [6.45, 7) is 0.482. The van der Waals surface area contributed by atoms with Gasteiger partial charge in [-0.25, -0.2) is 0 Å². The number of carbonyl (C=O) groups is 1. The Morgan fingerprint density at radius 3 is 2.60 bits per heavy atom. The van der Waals surface area contributed by atoms with E-state index in [0.29, 0.717) is 0 Å². The molecule has 1 atom stereocenters. The highest BCUT2D eigenvalue weighted by Gasteiger charge is 2.47. The molecule has 1 saturated heterocycles. The predicted octanol–water partition coefficient (Wildman–Crippen LogP) is -1.66. The van der Waals surface area contributed by atoms with Gasteiger partial charge in [-0.05, 0) is 0 Å². The van der Waals surface area contributed by atoms with E-state index in [1.54, 1.807) is 0 Å². The van der Waals surface area contributed by atoms with Gasteiger partial charge in [-0.1, -0.05) is 0 Å². The third kappa shape index (κ3) is 2.64. The van der Waals surface area contributed by atoms with Gasteiger partial charge in [0.1, 0.15) is 6.10 Å². The molecule has 1 fully saturated rings. The summed E-state index contributed by atoms with van der Waals surface area (Å²) >= 11 is 0. The minimum absolute atomic E-state index is 0.364. The first kappa shape index (κ1) is 12.3. The second-order valence-electron chi connectivity index (χ2n) is 2.87. The summed E-state index contributed by atoms with van der Waals surface area (Å²) in [5.41, 5.74) is 0. The zero-order valence-corrected chi connectivity index (χ0v) is 7.89. The lowest BCUT2D eigenvalue weighted by molar-refractivity contribution is -0.123. The van der Waals surface area contributed by atoms with E-state index in [2.05, 4.69) is 10.1 Å². The number of ether oxygens (including phenoxy) is 1. The maximum Gasteiger partial charge on any atom is 0.254 e. The van der Waals surface area contributed by atoms with E-state index < -0.39 is 31.0 Å². The topological polar surface area (TPSA) is 119 Å². The molecule has 1 heterocycles. The minimum atomic E-state index is -1.62. The van der Waals surface area contributed by atoms with Gasteiger partial charge in [0.05, 0.1) is 6.61 Å². The van der Waals surface area contributed by atoms with Crippen LogP contribution < -0.4 is 5.32 Å². The van der Waals surface area contributed by atoms with Crippen molar-refractivity contribution in [3.8, 4) is 0 Å². The van der Waals surface area contributed by atoms with E-state index in [1.165, 1.54) is 0 Å². The van der Waals surface area contributed by atoms with Crippen molar-refractivity contribution in [2.24, 2.45) is 0 Å². The molecular weight excluding hydrogens is 215 g/mol. The maximum atomic E-state index is 10.7. The quantitative estimate of drug-likeness (QED) is 0.284. The number of aliphatic hydroxyl groups is 4. The zero-order valence-electron chi connectivity index (χ0n) is 7.89. The molecule has 1 rings (SSSR count). The highest BCUT2D eigenvalue weighted by atomic mass is 16.8. The number of hydrogen-bond donors (Lipinski definition) is 5. The van der Waals surface area contributed by atoms with Gasteiger partial charge in [-0.2, -0.15) is 0 Å². The third-order valence-corrected chi connectivity index (χ3v) is 1.72. The molecule has 5 N–H and O–H groups in total. The number of hydrogen-bond acceptors (Lipinski definition) is 6. The summed E-state index contributed by atoms with van der Waals surface area (Å²) < 4.78 is 4.57. The molecule has 0 saturated carbocycles. The first-order valence-electron chi connectivity index (χ1n) is 4.06. The lowest BCUT2D eigenvalue weighted by Crippen LogP contribution is -2.49. The minimum Gasteiger partial charge on any atom is -0.393 e. The fraction of sp³-hybridized carbons (Fsp3) is 0.375. The monoisotopic (exact) mass is 226 g/mol. The van der Waals surface area contributed by atoms with Crippen LogP contribution in [0, 0.1) is 24.5 Å². The van der Waals surface area contributed by atoms with Crippen molar-refractivity contribution in [1.82, 2.24) is 5.32 Å². The average Bonchev–Trinajstić information content (AvgIpc) is 2.18. The van der Waals surface area contributed by atoms with Crippen LogP contribution in [0.4, 0.5) is 0 Å². The Labute approximate surface area is 86.3 Å². The Hall–Kier alpha value is -0.730. The summed E-state index contributed by atoms with van der Waals surface area (Å²) in [6, 6.07) is -0.364. The molecule has 84 valence electrons. The van der Waals surface area contributed by atoms with Crippen LogP contribution in [-0.4, -0.2) is 39.0 Å². The van der Waals surface area contributed by atoms with Crippen molar-refractivity contribution in [1.29, 1.82) is 0 Å². The van der Waals surface area contributed by atoms with E-state index in [4.69, 9.17) is 5.11 Å². The zero-order chi connectivity index (χ0) is 11.6. The summed E-state index contributed by atoms with van der Waals surface area (Å²) in [5.74, 6) is -0.542. The smallest absolute Gasteiger partial charge is 0.254 e. The van der Waals surface area contributed by atoms with Gasteiger partial charge in [0, 0.05) is 6.92 Å². The normalized spacial score (nSPS) is 26.9. The van der Waals surface area contributed by atoms with Gasteiger partial charge in [-0.15, -0.1) is 0 Å². The van der Waals surface area contributed by atoms with E-state index >= 15 is 0 Å². The molecule has 0 aliphatic carbocycles. The van der Waals surface area contributed by atoms with Gasteiger partial charge in [0.15, 0.2) is 18.2 Å². The van der Waals surface area contributed by atoms with Crippen molar-refractivity contribution in [3.63, 3.8) is 0 Å². The van der Waals surface area contributed by atoms with E-state index in [0.717, 1.165) is 6.92 Å². The summed E-state index contributed by atoms with van der Waals surface area (Å²) in [6.07, 6.45) is -3.41. The van der Waals surface area contributed by atoms with E-state index in [9.17, 15) is 20.1 Å². The molecule has 7 heteroatoms. The van der Waals surface area contributed by atoms with Crippen LogP contribution in [0.25, 0.3) is 0 Å². The fourth-order valence-electron chi connectivity index (χ4n) is 1.05. The summed E-state index contributed by atoms with van der Waals surface area (Å²) in [5, 5.41) is 38.7. The van der Waals surface area contributed by atoms with Crippen molar-refractivity contribution in [2.45, 2.75) is 13.0 Å². The number of amides is 1. The van der Waals surface area contributed by atoms with Gasteiger partial charge < -0.3 is 30.5 Å². The van der Waals surface area contributed by atoms with Crippen molar-refractivity contribution in [2.75, 3.05) is 6.61 Å². The molecule has 0 aromatic rings. The molecule has 1 aliphatic rings. The Morgan fingerprint density at radius 1 is 1.53 bits per heavy atom. The molecule has 7 nitrogen and oxygen atoms in total. The number of nitrogens with one attached hydrogen (secondary N) is 1. The number of carbonyl (C=O) groups excluding carboxylic acids is 1.